The lowest BCUT2D eigenvalue weighted by molar-refractivity contribution is 0.0468. The summed E-state index contributed by atoms with van der Waals surface area (Å²) in [5.74, 6) is 0.213. The summed E-state index contributed by atoms with van der Waals surface area (Å²) >= 11 is 0. The topological polar surface area (TPSA) is 99.6 Å². The maximum Gasteiger partial charge on any atom is 0.355 e. The zero-order valence-corrected chi connectivity index (χ0v) is 18.6. The molecule has 0 aliphatic carbocycles. The van der Waals surface area contributed by atoms with Gasteiger partial charge in [-0.25, -0.2) is 4.79 Å². The monoisotopic (exact) mass is 436 g/mol. The third kappa shape index (κ3) is 3.57. The number of carbonyl (C=O) groups is 3. The molecule has 1 aromatic carbocycles. The number of aryl methyl sites for hydroxylation is 2. The van der Waals surface area contributed by atoms with E-state index in [1.54, 1.807) is 19.9 Å². The van der Waals surface area contributed by atoms with Gasteiger partial charge in [-0.2, -0.15) is 0 Å². The molecule has 4 rings (SSSR count). The molecule has 0 atom stereocenters. The van der Waals surface area contributed by atoms with E-state index < -0.39 is 12.6 Å². The number of hydrogen-bond acceptors (Lipinski definition) is 6. The second-order valence-electron chi connectivity index (χ2n) is 7.84. The molecule has 8 nitrogen and oxygen atoms in total. The minimum absolute atomic E-state index is 0.137. The lowest BCUT2D eigenvalue weighted by Gasteiger charge is -2.11. The predicted molar refractivity (Wildman–Crippen MR) is 116 cm³/mol. The molecular weight excluding hydrogens is 412 g/mol. The summed E-state index contributed by atoms with van der Waals surface area (Å²) in [6, 6.07) is 7.36. The number of nitrogens with zero attached hydrogens (tertiary/aromatic N) is 1. The number of ketones is 2. The zero-order valence-electron chi connectivity index (χ0n) is 18.6. The highest BCUT2D eigenvalue weighted by Crippen LogP contribution is 2.35. The molecule has 0 bridgehead atoms. The smallest absolute Gasteiger partial charge is 0.355 e. The fraction of sp³-hybridized carbons (Fsp3) is 0.292. The molecule has 0 unspecified atom stereocenters. The van der Waals surface area contributed by atoms with Gasteiger partial charge in [-0.15, -0.1) is 0 Å². The van der Waals surface area contributed by atoms with Crippen LogP contribution in [0.1, 0.15) is 60.8 Å². The molecule has 3 aromatic rings. The Morgan fingerprint density at radius 2 is 1.78 bits per heavy atom. The maximum atomic E-state index is 12.9. The van der Waals surface area contributed by atoms with Crippen LogP contribution in [0.3, 0.4) is 0 Å². The molecule has 3 heterocycles. The number of carbonyl (C=O) groups excluding carboxylic acids is 3. The van der Waals surface area contributed by atoms with Crippen LogP contribution in [0.5, 0.6) is 11.5 Å². The van der Waals surface area contributed by atoms with E-state index in [4.69, 9.17) is 14.2 Å². The van der Waals surface area contributed by atoms with Gasteiger partial charge in [-0.3, -0.25) is 9.59 Å². The van der Waals surface area contributed by atoms with Gasteiger partial charge in [0.25, 0.3) is 0 Å². The van der Waals surface area contributed by atoms with Crippen molar-refractivity contribution in [3.05, 3.63) is 63.7 Å². The van der Waals surface area contributed by atoms with Crippen LogP contribution in [-0.4, -0.2) is 40.5 Å². The normalized spacial score (nSPS) is 12.2. The van der Waals surface area contributed by atoms with E-state index in [1.165, 1.54) is 6.92 Å². The lowest BCUT2D eigenvalue weighted by Crippen LogP contribution is -2.16. The SMILES string of the molecule is CC(=O)c1c(C)[nH]c(C(=O)OCC(=O)c2cc(C)n(-c3ccc4c(c3)OCO4)c2C)c1C. The van der Waals surface area contributed by atoms with Crippen molar-refractivity contribution in [3.63, 3.8) is 0 Å². The Bertz CT molecular complexity index is 1260. The van der Waals surface area contributed by atoms with E-state index in [9.17, 15) is 14.4 Å². The van der Waals surface area contributed by atoms with E-state index in [0.717, 1.165) is 17.1 Å². The molecule has 1 aliphatic rings. The highest BCUT2D eigenvalue weighted by atomic mass is 16.7. The van der Waals surface area contributed by atoms with Crippen LogP contribution in [0.4, 0.5) is 0 Å². The number of hydrogen-bond donors (Lipinski definition) is 1. The maximum absolute atomic E-state index is 12.9. The Morgan fingerprint density at radius 1 is 1.06 bits per heavy atom. The van der Waals surface area contributed by atoms with Crippen LogP contribution in [0.2, 0.25) is 0 Å². The molecule has 32 heavy (non-hydrogen) atoms. The number of Topliss-reactive ketones (excluding diaryl/α,β-unsaturated/α-hetero) is 2. The summed E-state index contributed by atoms with van der Waals surface area (Å²) in [7, 11) is 0. The van der Waals surface area contributed by atoms with Crippen LogP contribution in [0, 0.1) is 27.7 Å². The summed E-state index contributed by atoms with van der Waals surface area (Å²) < 4.78 is 18.0. The van der Waals surface area contributed by atoms with E-state index >= 15 is 0 Å². The molecule has 0 fully saturated rings. The summed E-state index contributed by atoms with van der Waals surface area (Å²) in [6.07, 6.45) is 0. The Hall–Kier alpha value is -3.81. The van der Waals surface area contributed by atoms with E-state index in [-0.39, 0.29) is 24.1 Å². The van der Waals surface area contributed by atoms with Crippen molar-refractivity contribution >= 4 is 17.5 Å². The van der Waals surface area contributed by atoms with Crippen LogP contribution >= 0.6 is 0 Å². The van der Waals surface area contributed by atoms with Gasteiger partial charge in [0.15, 0.2) is 23.9 Å². The van der Waals surface area contributed by atoms with Gasteiger partial charge in [-0.05, 0) is 58.4 Å². The third-order valence-corrected chi connectivity index (χ3v) is 5.67. The number of esters is 1. The van der Waals surface area contributed by atoms with Gasteiger partial charge in [0.2, 0.25) is 12.6 Å². The van der Waals surface area contributed by atoms with E-state index in [2.05, 4.69) is 4.98 Å². The van der Waals surface area contributed by atoms with Crippen molar-refractivity contribution in [1.29, 1.82) is 0 Å². The number of H-pyrrole nitrogens is 1. The molecule has 0 amide bonds. The number of rotatable bonds is 6. The molecule has 1 N–H and O–H groups in total. The molecule has 0 saturated carbocycles. The third-order valence-electron chi connectivity index (χ3n) is 5.67. The largest absolute Gasteiger partial charge is 0.454 e. The number of aromatic amines is 1. The molecule has 166 valence electrons. The minimum atomic E-state index is -0.670. The standard InChI is InChI=1S/C24H24N2O6/c1-12-8-18(15(4)26(12)17-6-7-20-21(9-17)32-11-31-20)19(28)10-30-24(29)23-13(2)22(16(5)27)14(3)25-23/h6-9,25H,10-11H2,1-5H3. The summed E-state index contributed by atoms with van der Waals surface area (Å²) in [6.45, 7) is 8.35. The first-order valence-electron chi connectivity index (χ1n) is 10.2. The molecule has 0 saturated heterocycles. The average molecular weight is 436 g/mol. The molecule has 2 aromatic heterocycles. The first-order chi connectivity index (χ1) is 15.2. The van der Waals surface area contributed by atoms with Crippen molar-refractivity contribution in [2.24, 2.45) is 0 Å². The van der Waals surface area contributed by atoms with Gasteiger partial charge >= 0.3 is 5.97 Å². The van der Waals surface area contributed by atoms with Gasteiger partial charge in [-0.1, -0.05) is 0 Å². The molecule has 1 aliphatic heterocycles. The fourth-order valence-electron chi connectivity index (χ4n) is 4.23. The summed E-state index contributed by atoms with van der Waals surface area (Å²) in [4.78, 5) is 40.1. The fourth-order valence-corrected chi connectivity index (χ4v) is 4.23. The van der Waals surface area contributed by atoms with Crippen LogP contribution < -0.4 is 9.47 Å². The van der Waals surface area contributed by atoms with E-state index in [0.29, 0.717) is 33.9 Å². The Labute approximate surface area is 185 Å². The van der Waals surface area contributed by atoms with Gasteiger partial charge in [0.05, 0.1) is 0 Å². The summed E-state index contributed by atoms with van der Waals surface area (Å²) in [5, 5.41) is 0. The Balaban J connectivity index is 1.53. The number of aromatic nitrogens is 2. The predicted octanol–water partition coefficient (Wildman–Crippen LogP) is 4.01. The number of nitrogens with one attached hydrogen (secondary N) is 1. The van der Waals surface area contributed by atoms with Gasteiger partial charge in [0.1, 0.15) is 5.69 Å². The highest BCUT2D eigenvalue weighted by Gasteiger charge is 2.23. The first-order valence-corrected chi connectivity index (χ1v) is 10.2. The van der Waals surface area contributed by atoms with E-state index in [1.807, 2.05) is 36.6 Å². The van der Waals surface area contributed by atoms with Crippen molar-refractivity contribution in [2.75, 3.05) is 13.4 Å². The average Bonchev–Trinajstić information content (AvgIpc) is 3.40. The highest BCUT2D eigenvalue weighted by molar-refractivity contribution is 6.03. The molecular formula is C24H24N2O6. The molecule has 0 spiro atoms. The van der Waals surface area contributed by atoms with Crippen molar-refractivity contribution in [2.45, 2.75) is 34.6 Å². The lowest BCUT2D eigenvalue weighted by atomic mass is 10.1. The summed E-state index contributed by atoms with van der Waals surface area (Å²) in [5.41, 5.74) is 4.67. The number of benzene rings is 1. The van der Waals surface area contributed by atoms with Gasteiger partial charge < -0.3 is 23.8 Å². The van der Waals surface area contributed by atoms with Crippen molar-refractivity contribution in [1.82, 2.24) is 9.55 Å². The number of ether oxygens (including phenoxy) is 3. The van der Waals surface area contributed by atoms with Crippen molar-refractivity contribution < 1.29 is 28.6 Å². The number of fused-ring (bicyclic) bond motifs is 1. The quantitative estimate of drug-likeness (QED) is 0.463. The Kier molecular flexibility index (Phi) is 5.38. The first kappa shape index (κ1) is 21.4. The molecule has 8 heteroatoms. The van der Waals surface area contributed by atoms with Crippen LogP contribution in [0.15, 0.2) is 24.3 Å². The minimum Gasteiger partial charge on any atom is -0.454 e. The van der Waals surface area contributed by atoms with Crippen molar-refractivity contribution in [3.8, 4) is 17.2 Å². The second-order valence-corrected chi connectivity index (χ2v) is 7.84. The van der Waals surface area contributed by atoms with Gasteiger partial charge in [0, 0.05) is 40.0 Å². The molecule has 0 radical (unpaired) electrons. The van der Waals surface area contributed by atoms with Crippen LogP contribution in [-0.2, 0) is 4.74 Å². The second kappa shape index (κ2) is 8.03. The van der Waals surface area contributed by atoms with Crippen LogP contribution in [0.25, 0.3) is 5.69 Å². The Morgan fingerprint density at radius 3 is 2.47 bits per heavy atom. The zero-order chi connectivity index (χ0) is 23.2.